The number of para-hydroxylation sites is 1. The molecule has 1 fully saturated rings. The van der Waals surface area contributed by atoms with Crippen molar-refractivity contribution in [2.24, 2.45) is 0 Å². The molecule has 200 valence electrons. The molecule has 2 N–H and O–H groups in total. The van der Waals surface area contributed by atoms with Crippen LogP contribution in [0.2, 0.25) is 5.02 Å². The summed E-state index contributed by atoms with van der Waals surface area (Å²) in [6.45, 7) is 12.8. The second kappa shape index (κ2) is 10.5. The van der Waals surface area contributed by atoms with Crippen molar-refractivity contribution in [3.05, 3.63) is 87.9 Å². The first-order valence-electron chi connectivity index (χ1n) is 13.7. The summed E-state index contributed by atoms with van der Waals surface area (Å²) in [6.07, 6.45) is 1.77. The number of halogens is 1. The smallest absolute Gasteiger partial charge is 0.322 e. The Balaban J connectivity index is 1.51. The van der Waals surface area contributed by atoms with Crippen LogP contribution in [0.5, 0.6) is 5.75 Å². The van der Waals surface area contributed by atoms with Gasteiger partial charge in [0.15, 0.2) is 6.23 Å². The van der Waals surface area contributed by atoms with Crippen molar-refractivity contribution >= 4 is 29.0 Å². The van der Waals surface area contributed by atoms with E-state index in [4.69, 9.17) is 16.3 Å². The van der Waals surface area contributed by atoms with Gasteiger partial charge in [0, 0.05) is 35.1 Å². The minimum absolute atomic E-state index is 0.272. The molecule has 2 unspecified atom stereocenters. The van der Waals surface area contributed by atoms with Crippen LogP contribution in [0.15, 0.2) is 60.7 Å². The Bertz CT molecular complexity index is 1310. The third kappa shape index (κ3) is 4.73. The molecule has 6 heteroatoms. The Morgan fingerprint density at radius 3 is 2.24 bits per heavy atom. The van der Waals surface area contributed by atoms with Gasteiger partial charge in [-0.15, -0.1) is 0 Å². The maximum atomic E-state index is 13.6. The van der Waals surface area contributed by atoms with E-state index in [1.165, 1.54) is 18.5 Å². The maximum Gasteiger partial charge on any atom is 0.322 e. The fourth-order valence-electron chi connectivity index (χ4n) is 5.89. The Kier molecular flexibility index (Phi) is 7.32. The molecule has 2 aliphatic heterocycles. The van der Waals surface area contributed by atoms with E-state index >= 15 is 0 Å². The highest BCUT2D eigenvalue weighted by molar-refractivity contribution is 6.31. The Hall–Kier alpha value is -3.18. The zero-order chi connectivity index (χ0) is 27.0. The number of nitrogens with one attached hydrogen (secondary N) is 2. The average molecular weight is 532 g/mol. The predicted octanol–water partition coefficient (Wildman–Crippen LogP) is 8.03. The molecule has 38 heavy (non-hydrogen) atoms. The SMILES string of the molecule is CC(C)c1cccc(C(C)C)c1NC(=O)NC1Oc2ccc(N3CCCC3)cc2C1(C)c1ccccc1Cl. The van der Waals surface area contributed by atoms with Crippen molar-refractivity contribution in [3.8, 4) is 5.75 Å². The van der Waals surface area contributed by atoms with Gasteiger partial charge < -0.3 is 20.3 Å². The number of carbonyl (C=O) groups is 1. The van der Waals surface area contributed by atoms with Crippen LogP contribution < -0.4 is 20.3 Å². The topological polar surface area (TPSA) is 53.6 Å². The van der Waals surface area contributed by atoms with E-state index in [9.17, 15) is 4.79 Å². The highest BCUT2D eigenvalue weighted by atomic mass is 35.5. The van der Waals surface area contributed by atoms with Crippen LogP contribution in [0.25, 0.3) is 0 Å². The first-order valence-corrected chi connectivity index (χ1v) is 14.1. The number of anilines is 2. The lowest BCUT2D eigenvalue weighted by Crippen LogP contribution is -2.51. The van der Waals surface area contributed by atoms with Crippen molar-refractivity contribution in [2.75, 3.05) is 23.3 Å². The normalized spacial score (nSPS) is 20.5. The number of hydrogen-bond donors (Lipinski definition) is 2. The van der Waals surface area contributed by atoms with Gasteiger partial charge in [0.1, 0.15) is 5.75 Å². The molecule has 2 amide bonds. The van der Waals surface area contributed by atoms with E-state index < -0.39 is 11.6 Å². The molecule has 3 aromatic carbocycles. The first-order chi connectivity index (χ1) is 18.2. The molecule has 2 heterocycles. The molecule has 2 aliphatic rings. The number of amides is 2. The summed E-state index contributed by atoms with van der Waals surface area (Å²) < 4.78 is 6.46. The van der Waals surface area contributed by atoms with Crippen molar-refractivity contribution < 1.29 is 9.53 Å². The Morgan fingerprint density at radius 1 is 0.947 bits per heavy atom. The van der Waals surface area contributed by atoms with E-state index in [0.29, 0.717) is 5.02 Å². The summed E-state index contributed by atoms with van der Waals surface area (Å²) in [7, 11) is 0. The van der Waals surface area contributed by atoms with Crippen molar-refractivity contribution in [2.45, 2.75) is 70.9 Å². The lowest BCUT2D eigenvalue weighted by molar-refractivity contribution is 0.145. The summed E-state index contributed by atoms with van der Waals surface area (Å²) in [5.41, 5.74) is 5.57. The molecule has 0 aromatic heterocycles. The van der Waals surface area contributed by atoms with Crippen LogP contribution in [0.4, 0.5) is 16.2 Å². The van der Waals surface area contributed by atoms with Gasteiger partial charge in [-0.1, -0.05) is 75.7 Å². The first kappa shape index (κ1) is 26.4. The molecule has 0 radical (unpaired) electrons. The number of hydrogen-bond acceptors (Lipinski definition) is 3. The van der Waals surface area contributed by atoms with Crippen molar-refractivity contribution in [1.82, 2.24) is 5.32 Å². The zero-order valence-electron chi connectivity index (χ0n) is 23.0. The van der Waals surface area contributed by atoms with Crippen molar-refractivity contribution in [3.63, 3.8) is 0 Å². The molecule has 3 aromatic rings. The summed E-state index contributed by atoms with van der Waals surface area (Å²) in [4.78, 5) is 16.0. The molecule has 5 rings (SSSR count). The van der Waals surface area contributed by atoms with Crippen LogP contribution in [0.1, 0.15) is 81.5 Å². The van der Waals surface area contributed by atoms with Gasteiger partial charge in [-0.3, -0.25) is 0 Å². The zero-order valence-corrected chi connectivity index (χ0v) is 23.7. The van der Waals surface area contributed by atoms with E-state index in [1.807, 2.05) is 30.3 Å². The van der Waals surface area contributed by atoms with Crippen LogP contribution in [0, 0.1) is 0 Å². The number of carbonyl (C=O) groups excluding carboxylic acids is 1. The van der Waals surface area contributed by atoms with Gasteiger partial charge in [0.2, 0.25) is 0 Å². The minimum atomic E-state index is -0.681. The third-order valence-corrected chi connectivity index (χ3v) is 8.40. The van der Waals surface area contributed by atoms with Gasteiger partial charge in [-0.2, -0.15) is 0 Å². The fraction of sp³-hybridized carbons (Fsp3) is 0.406. The van der Waals surface area contributed by atoms with Gasteiger partial charge in [0.25, 0.3) is 0 Å². The lowest BCUT2D eigenvalue weighted by atomic mass is 9.75. The van der Waals surface area contributed by atoms with E-state index in [0.717, 1.165) is 46.8 Å². The van der Waals surface area contributed by atoms with Gasteiger partial charge in [-0.25, -0.2) is 4.79 Å². The number of urea groups is 1. The molecule has 2 atom stereocenters. The summed E-state index contributed by atoms with van der Waals surface area (Å²) >= 11 is 6.78. The second-order valence-corrected chi connectivity index (χ2v) is 11.7. The van der Waals surface area contributed by atoms with Gasteiger partial charge >= 0.3 is 6.03 Å². The summed E-state index contributed by atoms with van der Waals surface area (Å²) in [5.74, 6) is 1.31. The monoisotopic (exact) mass is 531 g/mol. The number of ether oxygens (including phenoxy) is 1. The van der Waals surface area contributed by atoms with Crippen LogP contribution in [0.3, 0.4) is 0 Å². The lowest BCUT2D eigenvalue weighted by Gasteiger charge is -2.33. The average Bonchev–Trinajstić information content (AvgIpc) is 3.51. The van der Waals surface area contributed by atoms with E-state index in [-0.39, 0.29) is 17.9 Å². The Labute approximate surface area is 231 Å². The van der Waals surface area contributed by atoms with Crippen LogP contribution in [-0.2, 0) is 5.41 Å². The molecule has 1 saturated heterocycles. The van der Waals surface area contributed by atoms with E-state index in [2.05, 4.69) is 80.5 Å². The highest BCUT2D eigenvalue weighted by Gasteiger charge is 2.49. The number of rotatable bonds is 6. The van der Waals surface area contributed by atoms with Crippen LogP contribution in [-0.4, -0.2) is 25.3 Å². The molecular weight excluding hydrogens is 494 g/mol. The van der Waals surface area contributed by atoms with Gasteiger partial charge in [0.05, 0.1) is 5.41 Å². The molecule has 0 saturated carbocycles. The molecule has 0 aliphatic carbocycles. The molecule has 5 nitrogen and oxygen atoms in total. The summed E-state index contributed by atoms with van der Waals surface area (Å²) in [5, 5.41) is 7.00. The predicted molar refractivity (Wildman–Crippen MR) is 157 cm³/mol. The fourth-order valence-corrected chi connectivity index (χ4v) is 6.22. The maximum absolute atomic E-state index is 13.6. The number of benzene rings is 3. The highest BCUT2D eigenvalue weighted by Crippen LogP contribution is 2.49. The molecule has 0 spiro atoms. The van der Waals surface area contributed by atoms with E-state index in [1.54, 1.807) is 0 Å². The quantitative estimate of drug-likeness (QED) is 0.338. The molecule has 0 bridgehead atoms. The second-order valence-electron chi connectivity index (χ2n) is 11.3. The van der Waals surface area contributed by atoms with Crippen LogP contribution >= 0.6 is 11.6 Å². The molecular formula is C32H38ClN3O2. The number of nitrogens with zero attached hydrogens (tertiary/aromatic N) is 1. The van der Waals surface area contributed by atoms with Crippen molar-refractivity contribution in [1.29, 1.82) is 0 Å². The number of fused-ring (bicyclic) bond motifs is 1. The third-order valence-electron chi connectivity index (χ3n) is 8.07. The Morgan fingerprint density at radius 2 is 1.61 bits per heavy atom. The standard InChI is InChI=1S/C32H38ClN3O2/c1-20(2)23-11-10-12-24(21(3)4)29(23)34-31(37)35-30-32(5,25-13-6-7-14-27(25)33)26-19-22(15-16-28(26)38-30)36-17-8-9-18-36/h6-7,10-16,19-21,30H,8-9,17-18H2,1-5H3,(H2,34,35,37). The minimum Gasteiger partial charge on any atom is -0.469 e. The van der Waals surface area contributed by atoms with Gasteiger partial charge in [-0.05, 0) is 72.6 Å². The largest absolute Gasteiger partial charge is 0.469 e. The summed E-state index contributed by atoms with van der Waals surface area (Å²) in [6, 6.07) is 20.1.